The molecule has 0 bridgehead atoms. The van der Waals surface area contributed by atoms with Gasteiger partial charge in [0.25, 0.3) is 0 Å². The molecule has 0 aromatic carbocycles. The Balaban J connectivity index is 2.36. The molecule has 0 amide bonds. The van der Waals surface area contributed by atoms with E-state index in [1.807, 2.05) is 17.5 Å². The van der Waals surface area contributed by atoms with Crippen molar-refractivity contribution in [2.24, 2.45) is 5.92 Å². The van der Waals surface area contributed by atoms with Crippen LogP contribution in [0.2, 0.25) is 0 Å². The number of rotatable bonds is 6. The van der Waals surface area contributed by atoms with Crippen molar-refractivity contribution < 1.29 is 0 Å². The first-order chi connectivity index (χ1) is 7.49. The Kier molecular flexibility index (Phi) is 5.42. The molecule has 1 aromatic heterocycles. The highest BCUT2D eigenvalue weighted by molar-refractivity contribution is 7.11. The topological polar surface area (TPSA) is 24.9 Å². The molecule has 16 heavy (non-hydrogen) atoms. The zero-order valence-electron chi connectivity index (χ0n) is 11.1. The first-order valence-corrected chi connectivity index (χ1v) is 6.98. The number of nitrogens with one attached hydrogen (secondary N) is 1. The molecule has 0 saturated carbocycles. The van der Waals surface area contributed by atoms with Gasteiger partial charge in [0.2, 0.25) is 0 Å². The van der Waals surface area contributed by atoms with Gasteiger partial charge in [-0.05, 0) is 19.3 Å². The van der Waals surface area contributed by atoms with Crippen LogP contribution in [0, 0.1) is 5.92 Å². The fourth-order valence-electron chi connectivity index (χ4n) is 1.74. The summed E-state index contributed by atoms with van der Waals surface area (Å²) in [6.07, 6.45) is 3.24. The van der Waals surface area contributed by atoms with E-state index in [0.29, 0.717) is 12.0 Å². The average molecular weight is 240 g/mol. The van der Waals surface area contributed by atoms with Gasteiger partial charge >= 0.3 is 0 Å². The fourth-order valence-corrected chi connectivity index (χ4v) is 2.61. The van der Waals surface area contributed by atoms with Gasteiger partial charge in [-0.2, -0.15) is 0 Å². The Labute approximate surface area is 103 Å². The van der Waals surface area contributed by atoms with Gasteiger partial charge in [-0.3, -0.25) is 0 Å². The molecule has 1 unspecified atom stereocenters. The van der Waals surface area contributed by atoms with Crippen LogP contribution in [-0.4, -0.2) is 11.0 Å². The van der Waals surface area contributed by atoms with Crippen molar-refractivity contribution in [3.63, 3.8) is 0 Å². The van der Waals surface area contributed by atoms with E-state index in [2.05, 4.69) is 44.9 Å². The molecular formula is C13H24N2S. The number of hydrogen-bond donors (Lipinski definition) is 1. The van der Waals surface area contributed by atoms with Gasteiger partial charge in [0.15, 0.2) is 0 Å². The third-order valence-electron chi connectivity index (χ3n) is 2.52. The quantitative estimate of drug-likeness (QED) is 0.818. The lowest BCUT2D eigenvalue weighted by atomic mass is 10.1. The Morgan fingerprint density at radius 3 is 2.44 bits per heavy atom. The van der Waals surface area contributed by atoms with Crippen LogP contribution in [0.15, 0.2) is 6.20 Å². The Morgan fingerprint density at radius 1 is 1.25 bits per heavy atom. The maximum Gasteiger partial charge on any atom is 0.0953 e. The Morgan fingerprint density at radius 2 is 1.94 bits per heavy atom. The molecule has 0 aliphatic heterocycles. The number of hydrogen-bond acceptors (Lipinski definition) is 3. The molecule has 0 saturated heterocycles. The summed E-state index contributed by atoms with van der Waals surface area (Å²) in [7, 11) is 0. The van der Waals surface area contributed by atoms with Gasteiger partial charge in [0.05, 0.1) is 5.01 Å². The van der Waals surface area contributed by atoms with E-state index in [1.165, 1.54) is 16.3 Å². The number of nitrogens with zero attached hydrogens (tertiary/aromatic N) is 1. The van der Waals surface area contributed by atoms with Gasteiger partial charge in [-0.15, -0.1) is 11.3 Å². The molecule has 0 spiro atoms. The van der Waals surface area contributed by atoms with Crippen molar-refractivity contribution in [2.75, 3.05) is 0 Å². The van der Waals surface area contributed by atoms with Crippen LogP contribution in [0.1, 0.15) is 56.8 Å². The molecule has 0 radical (unpaired) electrons. The van der Waals surface area contributed by atoms with Crippen LogP contribution in [0.5, 0.6) is 0 Å². The highest BCUT2D eigenvalue weighted by Crippen LogP contribution is 2.21. The number of aromatic nitrogens is 1. The van der Waals surface area contributed by atoms with Gasteiger partial charge in [0, 0.05) is 29.6 Å². The van der Waals surface area contributed by atoms with E-state index in [-0.39, 0.29) is 0 Å². The normalized spacial score (nSPS) is 13.7. The first kappa shape index (κ1) is 13.7. The second-order valence-corrected chi connectivity index (χ2v) is 6.38. The average Bonchev–Trinajstić information content (AvgIpc) is 2.61. The minimum absolute atomic E-state index is 0.548. The smallest absolute Gasteiger partial charge is 0.0953 e. The van der Waals surface area contributed by atoms with Crippen LogP contribution in [-0.2, 0) is 6.54 Å². The lowest BCUT2D eigenvalue weighted by Gasteiger charge is -2.14. The van der Waals surface area contributed by atoms with E-state index in [4.69, 9.17) is 0 Å². The molecule has 0 fully saturated rings. The summed E-state index contributed by atoms with van der Waals surface area (Å²) in [6.45, 7) is 12.1. The van der Waals surface area contributed by atoms with Gasteiger partial charge in [0.1, 0.15) is 0 Å². The molecule has 1 atom stereocenters. The lowest BCUT2D eigenvalue weighted by molar-refractivity contribution is 0.443. The standard InChI is InChI=1S/C13H24N2S/c1-9(2)6-11(5)14-7-12-8-15-13(16-12)10(3)4/h8-11,14H,6-7H2,1-5H3. The summed E-state index contributed by atoms with van der Waals surface area (Å²) in [5.74, 6) is 1.31. The summed E-state index contributed by atoms with van der Waals surface area (Å²) >= 11 is 1.83. The summed E-state index contributed by atoms with van der Waals surface area (Å²) in [5, 5.41) is 4.80. The predicted molar refractivity (Wildman–Crippen MR) is 72.0 cm³/mol. The summed E-state index contributed by atoms with van der Waals surface area (Å²) < 4.78 is 0. The molecule has 2 nitrogen and oxygen atoms in total. The van der Waals surface area contributed by atoms with Crippen molar-refractivity contribution in [3.05, 3.63) is 16.1 Å². The fraction of sp³-hybridized carbons (Fsp3) is 0.769. The third-order valence-corrected chi connectivity index (χ3v) is 3.81. The largest absolute Gasteiger partial charge is 0.309 e. The maximum absolute atomic E-state index is 4.43. The summed E-state index contributed by atoms with van der Waals surface area (Å²) in [6, 6.07) is 0.588. The molecule has 92 valence electrons. The second kappa shape index (κ2) is 6.36. The van der Waals surface area contributed by atoms with Crippen molar-refractivity contribution in [1.29, 1.82) is 0 Å². The van der Waals surface area contributed by atoms with Crippen molar-refractivity contribution in [1.82, 2.24) is 10.3 Å². The molecule has 0 aliphatic rings. The van der Waals surface area contributed by atoms with Crippen LogP contribution in [0.4, 0.5) is 0 Å². The van der Waals surface area contributed by atoms with Crippen molar-refractivity contribution >= 4 is 11.3 Å². The van der Waals surface area contributed by atoms with E-state index in [9.17, 15) is 0 Å². The van der Waals surface area contributed by atoms with E-state index in [1.54, 1.807) is 0 Å². The second-order valence-electron chi connectivity index (χ2n) is 5.23. The van der Waals surface area contributed by atoms with Crippen LogP contribution in [0.3, 0.4) is 0 Å². The Bertz CT molecular complexity index is 305. The van der Waals surface area contributed by atoms with Gasteiger partial charge in [-0.1, -0.05) is 27.7 Å². The first-order valence-electron chi connectivity index (χ1n) is 6.17. The van der Waals surface area contributed by atoms with Crippen LogP contribution in [0.25, 0.3) is 0 Å². The predicted octanol–water partition coefficient (Wildman–Crippen LogP) is 3.79. The van der Waals surface area contributed by atoms with Crippen LogP contribution >= 0.6 is 11.3 Å². The minimum atomic E-state index is 0.548. The molecular weight excluding hydrogens is 216 g/mol. The molecule has 0 aliphatic carbocycles. The van der Waals surface area contributed by atoms with Crippen molar-refractivity contribution in [3.8, 4) is 0 Å². The molecule has 1 heterocycles. The monoisotopic (exact) mass is 240 g/mol. The maximum atomic E-state index is 4.43. The van der Waals surface area contributed by atoms with E-state index in [0.717, 1.165) is 12.5 Å². The highest BCUT2D eigenvalue weighted by atomic mass is 32.1. The zero-order chi connectivity index (χ0) is 12.1. The summed E-state index contributed by atoms with van der Waals surface area (Å²) in [4.78, 5) is 5.78. The Hall–Kier alpha value is -0.410. The minimum Gasteiger partial charge on any atom is -0.309 e. The van der Waals surface area contributed by atoms with Crippen molar-refractivity contribution in [2.45, 2.75) is 59.5 Å². The van der Waals surface area contributed by atoms with Crippen LogP contribution < -0.4 is 5.32 Å². The third kappa shape index (κ3) is 4.62. The SMILES string of the molecule is CC(C)CC(C)NCc1cnc(C(C)C)s1. The molecule has 1 rings (SSSR count). The molecule has 3 heteroatoms. The van der Waals surface area contributed by atoms with Gasteiger partial charge < -0.3 is 5.32 Å². The molecule has 1 N–H and O–H groups in total. The van der Waals surface area contributed by atoms with Gasteiger partial charge in [-0.25, -0.2) is 4.98 Å². The highest BCUT2D eigenvalue weighted by Gasteiger charge is 2.08. The van der Waals surface area contributed by atoms with E-state index >= 15 is 0 Å². The molecule has 1 aromatic rings. The summed E-state index contributed by atoms with van der Waals surface area (Å²) in [5.41, 5.74) is 0. The lowest BCUT2D eigenvalue weighted by Crippen LogP contribution is -2.26. The zero-order valence-corrected chi connectivity index (χ0v) is 11.9. The number of thiazole rings is 1. The van der Waals surface area contributed by atoms with E-state index < -0.39 is 0 Å².